The number of benzene rings is 3. The second kappa shape index (κ2) is 16.7. The summed E-state index contributed by atoms with van der Waals surface area (Å²) in [4.78, 5) is 0. The van der Waals surface area contributed by atoms with Gasteiger partial charge in [0.25, 0.3) is 0 Å². The molecule has 0 radical (unpaired) electrons. The quantitative estimate of drug-likeness (QED) is 0.0884. The third-order valence-corrected chi connectivity index (χ3v) is 14.5. The van der Waals surface area contributed by atoms with E-state index in [1.165, 1.54) is 5.56 Å². The van der Waals surface area contributed by atoms with Gasteiger partial charge in [0.1, 0.15) is 17.3 Å². The van der Waals surface area contributed by atoms with Gasteiger partial charge in [-0.15, -0.1) is 0 Å². The van der Waals surface area contributed by atoms with Crippen LogP contribution in [0.3, 0.4) is 0 Å². The van der Waals surface area contributed by atoms with Crippen molar-refractivity contribution in [2.45, 2.75) is 102 Å². The summed E-state index contributed by atoms with van der Waals surface area (Å²) in [5.74, 6) is -3.52. The molecule has 2 saturated carbocycles. The van der Waals surface area contributed by atoms with Crippen LogP contribution in [0.1, 0.15) is 86.5 Å². The Hall–Kier alpha value is -2.47. The smallest absolute Gasteiger partial charge is 0.530 e. The SMILES string of the molecule is C[C@]12CC[C@@H]3c4ccc(OP(=O)(OCc5ccccc5)OCc5ccccc5)cc4C[C@@H](CCC[S+]([O-])CCCC(F)(F)C(F)(F)F)[C@H]3[C@@H]1CC[C@@H]2O. The van der Waals surface area contributed by atoms with Gasteiger partial charge in [-0.1, -0.05) is 84.8 Å². The fourth-order valence-corrected chi connectivity index (χ4v) is 11.3. The van der Waals surface area contributed by atoms with Crippen LogP contribution in [-0.2, 0) is 44.4 Å². The minimum atomic E-state index is -5.61. The summed E-state index contributed by atoms with van der Waals surface area (Å²) in [7, 11) is -4.11. The highest BCUT2D eigenvalue weighted by Gasteiger charge is 2.57. The van der Waals surface area contributed by atoms with Gasteiger partial charge in [0, 0.05) is 6.42 Å². The normalized spacial score (nSPS) is 26.4. The Balaban J connectivity index is 1.18. The van der Waals surface area contributed by atoms with Crippen molar-refractivity contribution in [3.63, 3.8) is 0 Å². The summed E-state index contributed by atoms with van der Waals surface area (Å²) in [5.41, 5.74) is 3.65. The molecule has 1 unspecified atom stereocenters. The first kappa shape index (κ1) is 40.2. The highest BCUT2D eigenvalue weighted by molar-refractivity contribution is 7.91. The van der Waals surface area contributed by atoms with Crippen molar-refractivity contribution < 1.29 is 49.7 Å². The number of fused-ring (bicyclic) bond motifs is 5. The van der Waals surface area contributed by atoms with E-state index in [1.807, 2.05) is 78.9 Å². The third kappa shape index (κ3) is 9.50. The van der Waals surface area contributed by atoms with E-state index in [2.05, 4.69) is 6.92 Å². The molecule has 0 saturated heterocycles. The van der Waals surface area contributed by atoms with Crippen LogP contribution < -0.4 is 4.52 Å². The lowest BCUT2D eigenvalue weighted by molar-refractivity contribution is -0.284. The van der Waals surface area contributed by atoms with Crippen molar-refractivity contribution in [2.24, 2.45) is 23.2 Å². The Kier molecular flexibility index (Phi) is 12.7. The minimum absolute atomic E-state index is 0.0157. The molecule has 3 aromatic carbocycles. The van der Waals surface area contributed by atoms with E-state index in [0.717, 1.165) is 42.4 Å². The van der Waals surface area contributed by atoms with Crippen molar-refractivity contribution in [2.75, 3.05) is 11.5 Å². The first-order valence-corrected chi connectivity index (χ1v) is 21.4. The Bertz CT molecular complexity index is 1650. The van der Waals surface area contributed by atoms with Crippen molar-refractivity contribution in [1.29, 1.82) is 0 Å². The first-order valence-electron chi connectivity index (χ1n) is 18.4. The van der Waals surface area contributed by atoms with E-state index < -0.39 is 43.9 Å². The maximum Gasteiger partial charge on any atom is 0.530 e. The van der Waals surface area contributed by atoms with Crippen LogP contribution in [0.25, 0.3) is 0 Å². The fourth-order valence-electron chi connectivity index (χ4n) is 8.96. The number of rotatable bonds is 16. The van der Waals surface area contributed by atoms with E-state index in [4.69, 9.17) is 13.6 Å². The lowest BCUT2D eigenvalue weighted by atomic mass is 9.52. The molecule has 53 heavy (non-hydrogen) atoms. The van der Waals surface area contributed by atoms with Gasteiger partial charge in [-0.3, -0.25) is 9.05 Å². The molecular formula is C40H48F5O6PS. The average Bonchev–Trinajstić information content (AvgIpc) is 3.43. The van der Waals surface area contributed by atoms with Crippen LogP contribution >= 0.6 is 7.82 Å². The Morgan fingerprint density at radius 3 is 2.13 bits per heavy atom. The van der Waals surface area contributed by atoms with Gasteiger partial charge in [-0.05, 0) is 115 Å². The molecule has 0 bridgehead atoms. The largest absolute Gasteiger partial charge is 0.616 e. The molecule has 3 aliphatic carbocycles. The maximum absolute atomic E-state index is 14.1. The van der Waals surface area contributed by atoms with Crippen LogP contribution in [0.15, 0.2) is 78.9 Å². The van der Waals surface area contributed by atoms with Crippen LogP contribution in [0, 0.1) is 23.2 Å². The molecule has 0 heterocycles. The van der Waals surface area contributed by atoms with Gasteiger partial charge in [0.2, 0.25) is 0 Å². The van der Waals surface area contributed by atoms with E-state index in [-0.39, 0.29) is 54.0 Å². The van der Waals surface area contributed by atoms with Crippen LogP contribution in [0.5, 0.6) is 5.75 Å². The van der Waals surface area contributed by atoms with Gasteiger partial charge in [0.05, 0.1) is 19.3 Å². The molecule has 3 aliphatic rings. The third-order valence-electron chi connectivity index (χ3n) is 11.7. The van der Waals surface area contributed by atoms with Gasteiger partial charge >= 0.3 is 19.9 Å². The maximum atomic E-state index is 14.1. The van der Waals surface area contributed by atoms with Crippen molar-refractivity contribution in [3.8, 4) is 5.75 Å². The van der Waals surface area contributed by atoms with Crippen molar-refractivity contribution in [3.05, 3.63) is 101 Å². The first-order chi connectivity index (χ1) is 25.2. The van der Waals surface area contributed by atoms with Crippen LogP contribution in [-0.4, -0.2) is 39.4 Å². The summed E-state index contributed by atoms with van der Waals surface area (Å²) in [6.45, 7) is 2.22. The van der Waals surface area contributed by atoms with E-state index in [9.17, 15) is 36.2 Å². The number of hydrogen-bond donors (Lipinski definition) is 1. The number of aliphatic hydroxyl groups excluding tert-OH is 1. The van der Waals surface area contributed by atoms with Gasteiger partial charge in [0.15, 0.2) is 0 Å². The molecular weight excluding hydrogens is 734 g/mol. The molecule has 7 atom stereocenters. The molecule has 1 N–H and O–H groups in total. The van der Waals surface area contributed by atoms with Gasteiger partial charge < -0.3 is 14.2 Å². The standard InChI is InChI=1S/C40H48F5O6PS/c1-38-21-19-34-33-16-15-32(51-52(47,49-26-28-10-4-2-5-11-28)50-27-29-12-6-3-7-13-29)25-31(33)24-30(37(34)35(38)17-18-36(38)46)14-8-22-53(48)23-9-20-39(41,42)40(43,44)45/h2-7,10-13,15-16,25,30,34-37,46H,8-9,14,17-24,26-27H2,1H3/t30-,34-,35+,36+,37-,38+,53?/m1/s1. The van der Waals surface area contributed by atoms with E-state index >= 15 is 0 Å². The predicted molar refractivity (Wildman–Crippen MR) is 194 cm³/mol. The van der Waals surface area contributed by atoms with Crippen molar-refractivity contribution >= 4 is 19.0 Å². The molecule has 0 amide bonds. The Labute approximate surface area is 311 Å². The second-order valence-electron chi connectivity index (χ2n) is 15.1. The van der Waals surface area contributed by atoms with E-state index in [1.54, 1.807) is 0 Å². The zero-order valence-electron chi connectivity index (χ0n) is 29.8. The van der Waals surface area contributed by atoms with E-state index in [0.29, 0.717) is 30.9 Å². The molecule has 2 fully saturated rings. The average molecular weight is 783 g/mol. The lowest BCUT2D eigenvalue weighted by Crippen LogP contribution is -2.47. The molecule has 3 aromatic rings. The summed E-state index contributed by atoms with van der Waals surface area (Å²) in [5, 5.41) is 11.0. The predicted octanol–water partition coefficient (Wildman–Crippen LogP) is 10.6. The monoisotopic (exact) mass is 782 g/mol. The minimum Gasteiger partial charge on any atom is -0.616 e. The number of aliphatic hydroxyl groups is 1. The zero-order chi connectivity index (χ0) is 37.9. The van der Waals surface area contributed by atoms with Crippen LogP contribution in [0.2, 0.25) is 0 Å². The molecule has 0 aromatic heterocycles. The number of alkyl halides is 5. The number of phosphoric ester groups is 1. The second-order valence-corrected chi connectivity index (χ2v) is 18.4. The van der Waals surface area contributed by atoms with Gasteiger partial charge in [-0.2, -0.15) is 22.0 Å². The fraction of sp³-hybridized carbons (Fsp3) is 0.550. The number of hydrogen-bond acceptors (Lipinski definition) is 6. The number of halogens is 5. The van der Waals surface area contributed by atoms with Crippen molar-refractivity contribution in [1.82, 2.24) is 0 Å². The highest BCUT2D eigenvalue weighted by atomic mass is 32.2. The number of phosphoric acid groups is 1. The molecule has 6 rings (SSSR count). The lowest BCUT2D eigenvalue weighted by Gasteiger charge is -2.53. The summed E-state index contributed by atoms with van der Waals surface area (Å²) in [6, 6.07) is 24.4. The zero-order valence-corrected chi connectivity index (χ0v) is 31.5. The Morgan fingerprint density at radius 2 is 1.51 bits per heavy atom. The molecule has 290 valence electrons. The summed E-state index contributed by atoms with van der Waals surface area (Å²) >= 11 is -1.53. The molecule has 0 spiro atoms. The summed E-state index contributed by atoms with van der Waals surface area (Å²) in [6.07, 6.45) is -2.54. The topological polar surface area (TPSA) is 88.1 Å². The summed E-state index contributed by atoms with van der Waals surface area (Å²) < 4.78 is 109. The van der Waals surface area contributed by atoms with Crippen LogP contribution in [0.4, 0.5) is 22.0 Å². The highest BCUT2D eigenvalue weighted by Crippen LogP contribution is 2.63. The Morgan fingerprint density at radius 1 is 0.887 bits per heavy atom. The molecule has 0 aliphatic heterocycles. The molecule has 6 nitrogen and oxygen atoms in total. The molecule has 13 heteroatoms. The van der Waals surface area contributed by atoms with Gasteiger partial charge in [-0.25, -0.2) is 4.57 Å².